The lowest BCUT2D eigenvalue weighted by atomic mass is 10.3. The van der Waals surface area contributed by atoms with Crippen LogP contribution in [-0.4, -0.2) is 27.6 Å². The molecule has 0 bridgehead atoms. The summed E-state index contributed by atoms with van der Waals surface area (Å²) in [5.74, 6) is 0.369. The van der Waals surface area contributed by atoms with Gasteiger partial charge in [-0.05, 0) is 25.1 Å². The van der Waals surface area contributed by atoms with Crippen LogP contribution in [0.25, 0.3) is 15.9 Å². The van der Waals surface area contributed by atoms with Crippen LogP contribution in [0.15, 0.2) is 23.7 Å². The van der Waals surface area contributed by atoms with Crippen molar-refractivity contribution in [3.63, 3.8) is 0 Å². The smallest absolute Gasteiger partial charge is 0.360 e. The molecule has 0 unspecified atom stereocenters. The maximum atomic E-state index is 11.6. The zero-order valence-corrected chi connectivity index (χ0v) is 11.8. The number of thiazole rings is 1. The van der Waals surface area contributed by atoms with E-state index in [4.69, 9.17) is 5.73 Å². The summed E-state index contributed by atoms with van der Waals surface area (Å²) in [7, 11) is 1.31. The maximum absolute atomic E-state index is 11.6. The number of methoxy groups -OCH3 is 1. The van der Waals surface area contributed by atoms with E-state index in [-0.39, 0.29) is 11.5 Å². The van der Waals surface area contributed by atoms with Crippen LogP contribution in [0.3, 0.4) is 0 Å². The topological polar surface area (TPSA) is 83.0 Å². The number of imidazole rings is 1. The van der Waals surface area contributed by atoms with Crippen LogP contribution in [-0.2, 0) is 4.74 Å². The zero-order chi connectivity index (χ0) is 14.3. The summed E-state index contributed by atoms with van der Waals surface area (Å²) in [4.78, 5) is 20.0. The first-order valence-corrected chi connectivity index (χ1v) is 6.76. The van der Waals surface area contributed by atoms with Crippen LogP contribution in [0.1, 0.15) is 16.3 Å². The fraction of sp³-hybridized carbons (Fsp3) is 0.154. The SMILES string of the molecule is COC(=O)c1nc(C)n(-c2ccc3ncsc3c2)c1N. The number of carbonyl (C=O) groups excluding carboxylic acids is 1. The highest BCUT2D eigenvalue weighted by Crippen LogP contribution is 2.25. The second kappa shape index (κ2) is 4.61. The summed E-state index contributed by atoms with van der Waals surface area (Å²) < 4.78 is 7.45. The molecule has 102 valence electrons. The molecule has 0 fully saturated rings. The number of ether oxygens (including phenoxy) is 1. The van der Waals surface area contributed by atoms with E-state index in [1.807, 2.05) is 18.2 Å². The predicted molar refractivity (Wildman–Crippen MR) is 77.2 cm³/mol. The summed E-state index contributed by atoms with van der Waals surface area (Å²) in [5, 5.41) is 0. The minimum absolute atomic E-state index is 0.134. The Labute approximate surface area is 118 Å². The van der Waals surface area contributed by atoms with Crippen LogP contribution < -0.4 is 5.73 Å². The van der Waals surface area contributed by atoms with Crippen molar-refractivity contribution in [2.24, 2.45) is 0 Å². The molecular formula is C13H12N4O2S. The molecule has 0 spiro atoms. The number of nitrogens with zero attached hydrogens (tertiary/aromatic N) is 3. The number of aromatic nitrogens is 3. The minimum atomic E-state index is -0.539. The molecule has 0 atom stereocenters. The second-order valence-electron chi connectivity index (χ2n) is 4.22. The number of aryl methyl sites for hydroxylation is 1. The van der Waals surface area contributed by atoms with Gasteiger partial charge in [-0.25, -0.2) is 14.8 Å². The average Bonchev–Trinajstić information content (AvgIpc) is 3.01. The standard InChI is InChI=1S/C13H12N4O2S/c1-7-16-11(13(18)19-2)12(14)17(7)8-3-4-9-10(5-8)20-6-15-9/h3-6H,14H2,1-2H3. The van der Waals surface area contributed by atoms with Crippen molar-refractivity contribution in [3.8, 4) is 5.69 Å². The third-order valence-electron chi connectivity index (χ3n) is 3.03. The lowest BCUT2D eigenvalue weighted by Crippen LogP contribution is -2.07. The van der Waals surface area contributed by atoms with Gasteiger partial charge in [-0.2, -0.15) is 0 Å². The quantitative estimate of drug-likeness (QED) is 0.731. The first-order chi connectivity index (χ1) is 9.61. The number of hydrogen-bond donors (Lipinski definition) is 1. The Morgan fingerprint density at radius 2 is 2.25 bits per heavy atom. The van der Waals surface area contributed by atoms with Gasteiger partial charge in [0, 0.05) is 0 Å². The van der Waals surface area contributed by atoms with E-state index >= 15 is 0 Å². The molecule has 3 rings (SSSR count). The molecule has 2 N–H and O–H groups in total. The van der Waals surface area contributed by atoms with Crippen LogP contribution in [0.2, 0.25) is 0 Å². The van der Waals surface area contributed by atoms with Crippen molar-refractivity contribution in [2.75, 3.05) is 12.8 Å². The lowest BCUT2D eigenvalue weighted by molar-refractivity contribution is 0.0596. The van der Waals surface area contributed by atoms with Crippen molar-refractivity contribution >= 4 is 33.3 Å². The molecule has 1 aromatic carbocycles. The average molecular weight is 288 g/mol. The van der Waals surface area contributed by atoms with Crippen molar-refractivity contribution in [1.29, 1.82) is 0 Å². The molecule has 0 saturated heterocycles. The van der Waals surface area contributed by atoms with Crippen molar-refractivity contribution in [3.05, 3.63) is 35.2 Å². The maximum Gasteiger partial charge on any atom is 0.360 e. The fourth-order valence-electron chi connectivity index (χ4n) is 2.10. The Kier molecular flexibility index (Phi) is 2.90. The highest BCUT2D eigenvalue weighted by atomic mass is 32.1. The van der Waals surface area contributed by atoms with E-state index in [2.05, 4.69) is 14.7 Å². The number of nitrogens with two attached hydrogens (primary N) is 1. The number of carbonyl (C=O) groups is 1. The molecular weight excluding hydrogens is 276 g/mol. The van der Waals surface area contributed by atoms with Gasteiger partial charge >= 0.3 is 5.97 Å². The molecule has 0 aliphatic heterocycles. The molecule has 7 heteroatoms. The summed E-state index contributed by atoms with van der Waals surface area (Å²) in [6.45, 7) is 1.79. The number of benzene rings is 1. The predicted octanol–water partition coefficient (Wildman–Crippen LogP) is 2.16. The second-order valence-corrected chi connectivity index (χ2v) is 5.11. The summed E-state index contributed by atoms with van der Waals surface area (Å²) >= 11 is 1.55. The molecule has 2 aromatic heterocycles. The van der Waals surface area contributed by atoms with Crippen LogP contribution in [0, 0.1) is 6.92 Å². The van der Waals surface area contributed by atoms with Gasteiger partial charge in [-0.15, -0.1) is 11.3 Å². The van der Waals surface area contributed by atoms with Crippen LogP contribution in [0.5, 0.6) is 0 Å². The molecule has 20 heavy (non-hydrogen) atoms. The Bertz CT molecular complexity index is 806. The Balaban J connectivity index is 2.18. The van der Waals surface area contributed by atoms with Crippen LogP contribution >= 0.6 is 11.3 Å². The summed E-state index contributed by atoms with van der Waals surface area (Å²) in [6.07, 6.45) is 0. The van der Waals surface area contributed by atoms with Gasteiger partial charge < -0.3 is 10.5 Å². The van der Waals surface area contributed by atoms with E-state index in [1.165, 1.54) is 7.11 Å². The number of hydrogen-bond acceptors (Lipinski definition) is 6. The van der Waals surface area contributed by atoms with Gasteiger partial charge in [-0.3, -0.25) is 4.57 Å². The molecule has 0 radical (unpaired) electrons. The van der Waals surface area contributed by atoms with Gasteiger partial charge in [0.2, 0.25) is 0 Å². The van der Waals surface area contributed by atoms with Crippen molar-refractivity contribution < 1.29 is 9.53 Å². The largest absolute Gasteiger partial charge is 0.464 e. The molecule has 0 saturated carbocycles. The Morgan fingerprint density at radius 1 is 1.45 bits per heavy atom. The monoisotopic (exact) mass is 288 g/mol. The lowest BCUT2D eigenvalue weighted by Gasteiger charge is -2.07. The van der Waals surface area contributed by atoms with Gasteiger partial charge in [0.1, 0.15) is 11.6 Å². The third kappa shape index (κ3) is 1.83. The van der Waals surface area contributed by atoms with Crippen LogP contribution in [0.4, 0.5) is 5.82 Å². The van der Waals surface area contributed by atoms with E-state index in [1.54, 1.807) is 28.3 Å². The number of fused-ring (bicyclic) bond motifs is 1. The molecule has 6 nitrogen and oxygen atoms in total. The fourth-order valence-corrected chi connectivity index (χ4v) is 2.82. The third-order valence-corrected chi connectivity index (χ3v) is 3.82. The molecule has 0 amide bonds. The van der Waals surface area contributed by atoms with Gasteiger partial charge in [-0.1, -0.05) is 0 Å². The van der Waals surface area contributed by atoms with Gasteiger partial charge in [0.25, 0.3) is 0 Å². The number of esters is 1. The molecule has 3 aromatic rings. The Hall–Kier alpha value is -2.41. The van der Waals surface area contributed by atoms with E-state index in [0.717, 1.165) is 15.9 Å². The minimum Gasteiger partial charge on any atom is -0.464 e. The first-order valence-electron chi connectivity index (χ1n) is 5.88. The number of anilines is 1. The zero-order valence-electron chi connectivity index (χ0n) is 11.0. The van der Waals surface area contributed by atoms with E-state index < -0.39 is 5.97 Å². The van der Waals surface area contributed by atoms with E-state index in [0.29, 0.717) is 5.82 Å². The van der Waals surface area contributed by atoms with Gasteiger partial charge in [0.05, 0.1) is 28.5 Å². The summed E-state index contributed by atoms with van der Waals surface area (Å²) in [6, 6.07) is 5.78. The Morgan fingerprint density at radius 3 is 3.00 bits per heavy atom. The molecule has 2 heterocycles. The number of nitrogen functional groups attached to an aromatic ring is 1. The highest BCUT2D eigenvalue weighted by molar-refractivity contribution is 7.16. The van der Waals surface area contributed by atoms with Crippen molar-refractivity contribution in [2.45, 2.75) is 6.92 Å². The highest BCUT2D eigenvalue weighted by Gasteiger charge is 2.20. The van der Waals surface area contributed by atoms with Crippen molar-refractivity contribution in [1.82, 2.24) is 14.5 Å². The summed E-state index contributed by atoms with van der Waals surface area (Å²) in [5.41, 5.74) is 9.72. The number of rotatable bonds is 2. The first kappa shape index (κ1) is 12.6. The molecule has 0 aliphatic carbocycles. The molecule has 0 aliphatic rings. The normalized spacial score (nSPS) is 10.9. The van der Waals surface area contributed by atoms with E-state index in [9.17, 15) is 4.79 Å². The van der Waals surface area contributed by atoms with Gasteiger partial charge in [0.15, 0.2) is 5.69 Å².